The van der Waals surface area contributed by atoms with E-state index in [1.807, 2.05) is 12.1 Å². The summed E-state index contributed by atoms with van der Waals surface area (Å²) >= 11 is 6.29. The van der Waals surface area contributed by atoms with Gasteiger partial charge in [0.25, 0.3) is 0 Å². The van der Waals surface area contributed by atoms with E-state index in [0.717, 1.165) is 11.3 Å². The first-order chi connectivity index (χ1) is 9.26. The molecule has 0 saturated heterocycles. The van der Waals surface area contributed by atoms with Gasteiger partial charge in [-0.2, -0.15) is 0 Å². The molecule has 2 aromatic rings. The second-order valence-electron chi connectivity index (χ2n) is 3.95. The number of aromatic amines is 1. The molecule has 5 nitrogen and oxygen atoms in total. The highest BCUT2D eigenvalue weighted by Gasteiger charge is 2.12. The van der Waals surface area contributed by atoms with Crippen LogP contribution in [-0.4, -0.2) is 24.2 Å². The monoisotopic (exact) mass is 281 g/mol. The topological polar surface area (TPSA) is 59.2 Å². The van der Waals surface area contributed by atoms with Gasteiger partial charge in [-0.1, -0.05) is 17.7 Å². The van der Waals surface area contributed by atoms with Crippen molar-refractivity contribution in [2.75, 3.05) is 14.2 Å². The highest BCUT2D eigenvalue weighted by molar-refractivity contribution is 6.33. The number of hydrogen-bond donors (Lipinski definition) is 2. The summed E-state index contributed by atoms with van der Waals surface area (Å²) in [4.78, 5) is 6.98. The number of rotatable bonds is 6. The number of halogens is 1. The predicted octanol–water partition coefficient (Wildman–Crippen LogP) is 2.37. The molecule has 0 fully saturated rings. The summed E-state index contributed by atoms with van der Waals surface area (Å²) in [6, 6.07) is 3.77. The molecule has 0 aliphatic heterocycles. The van der Waals surface area contributed by atoms with Crippen LogP contribution in [0.15, 0.2) is 24.7 Å². The van der Waals surface area contributed by atoms with Crippen molar-refractivity contribution < 1.29 is 9.47 Å². The maximum absolute atomic E-state index is 6.29. The molecule has 2 N–H and O–H groups in total. The Morgan fingerprint density at radius 3 is 2.74 bits per heavy atom. The van der Waals surface area contributed by atoms with Gasteiger partial charge in [-0.05, 0) is 11.6 Å². The van der Waals surface area contributed by atoms with E-state index in [1.54, 1.807) is 26.7 Å². The lowest BCUT2D eigenvalue weighted by Gasteiger charge is -2.13. The Morgan fingerprint density at radius 2 is 2.11 bits per heavy atom. The second-order valence-corrected chi connectivity index (χ2v) is 4.33. The molecule has 0 aliphatic carbocycles. The van der Waals surface area contributed by atoms with E-state index in [4.69, 9.17) is 21.1 Å². The van der Waals surface area contributed by atoms with Crippen LogP contribution in [-0.2, 0) is 13.1 Å². The lowest BCUT2D eigenvalue weighted by Crippen LogP contribution is -2.13. The van der Waals surface area contributed by atoms with Crippen molar-refractivity contribution in [2.45, 2.75) is 13.1 Å². The molecule has 102 valence electrons. The molecule has 1 aromatic carbocycles. The van der Waals surface area contributed by atoms with Gasteiger partial charge in [-0.15, -0.1) is 0 Å². The first-order valence-electron chi connectivity index (χ1n) is 5.83. The van der Waals surface area contributed by atoms with Crippen LogP contribution in [0.4, 0.5) is 0 Å². The molecular weight excluding hydrogens is 266 g/mol. The van der Waals surface area contributed by atoms with Crippen molar-refractivity contribution in [3.63, 3.8) is 0 Å². The largest absolute Gasteiger partial charge is 0.493 e. The molecule has 1 aromatic heterocycles. The molecule has 0 amide bonds. The average molecular weight is 282 g/mol. The Bertz CT molecular complexity index is 529. The first-order valence-corrected chi connectivity index (χ1v) is 6.21. The minimum absolute atomic E-state index is 0.560. The molecule has 0 atom stereocenters. The standard InChI is InChI=1S/C13H16ClN3O2/c1-18-11-4-3-9(12(14)13(11)19-2)5-15-6-10-7-16-8-17-10/h3-4,7-8,15H,5-6H2,1-2H3,(H,16,17). The van der Waals surface area contributed by atoms with E-state index in [2.05, 4.69) is 15.3 Å². The van der Waals surface area contributed by atoms with Gasteiger partial charge in [-0.25, -0.2) is 4.98 Å². The molecule has 19 heavy (non-hydrogen) atoms. The molecule has 2 rings (SSSR count). The molecule has 0 bridgehead atoms. The lowest BCUT2D eigenvalue weighted by molar-refractivity contribution is 0.354. The predicted molar refractivity (Wildman–Crippen MR) is 73.7 cm³/mol. The summed E-state index contributed by atoms with van der Waals surface area (Å²) in [7, 11) is 3.16. The Kier molecular flexibility index (Phi) is 4.65. The minimum atomic E-state index is 0.560. The van der Waals surface area contributed by atoms with Crippen LogP contribution in [0.3, 0.4) is 0 Å². The van der Waals surface area contributed by atoms with E-state index < -0.39 is 0 Å². The summed E-state index contributed by atoms with van der Waals surface area (Å²) in [5.41, 5.74) is 1.98. The molecule has 0 radical (unpaired) electrons. The van der Waals surface area contributed by atoms with Crippen LogP contribution < -0.4 is 14.8 Å². The third-order valence-corrected chi connectivity index (χ3v) is 3.17. The summed E-state index contributed by atoms with van der Waals surface area (Å²) in [5, 5.41) is 3.85. The fraction of sp³-hybridized carbons (Fsp3) is 0.308. The van der Waals surface area contributed by atoms with E-state index in [1.165, 1.54) is 0 Å². The van der Waals surface area contributed by atoms with Gasteiger partial charge in [0.1, 0.15) is 0 Å². The molecule has 0 saturated carbocycles. The van der Waals surface area contributed by atoms with Crippen molar-refractivity contribution in [2.24, 2.45) is 0 Å². The Hall–Kier alpha value is -1.72. The zero-order valence-electron chi connectivity index (χ0n) is 10.9. The van der Waals surface area contributed by atoms with Crippen LogP contribution in [0, 0.1) is 0 Å². The number of H-pyrrole nitrogens is 1. The fourth-order valence-electron chi connectivity index (χ4n) is 1.78. The van der Waals surface area contributed by atoms with E-state index in [0.29, 0.717) is 29.6 Å². The summed E-state index contributed by atoms with van der Waals surface area (Å²) in [6.45, 7) is 1.34. The van der Waals surface area contributed by atoms with Crippen molar-refractivity contribution in [3.05, 3.63) is 40.9 Å². The lowest BCUT2D eigenvalue weighted by atomic mass is 10.2. The van der Waals surface area contributed by atoms with Crippen molar-refractivity contribution in [1.29, 1.82) is 0 Å². The number of ether oxygens (including phenoxy) is 2. The zero-order valence-corrected chi connectivity index (χ0v) is 11.6. The van der Waals surface area contributed by atoms with E-state index in [9.17, 15) is 0 Å². The van der Waals surface area contributed by atoms with Gasteiger partial charge in [0, 0.05) is 25.0 Å². The first kappa shape index (κ1) is 13.7. The zero-order chi connectivity index (χ0) is 13.7. The van der Waals surface area contributed by atoms with E-state index >= 15 is 0 Å². The number of benzene rings is 1. The highest BCUT2D eigenvalue weighted by atomic mass is 35.5. The Balaban J connectivity index is 2.04. The molecule has 0 aliphatic rings. The van der Waals surface area contributed by atoms with Crippen LogP contribution in [0.5, 0.6) is 11.5 Å². The van der Waals surface area contributed by atoms with Crippen molar-refractivity contribution >= 4 is 11.6 Å². The van der Waals surface area contributed by atoms with Crippen molar-refractivity contribution in [3.8, 4) is 11.5 Å². The maximum atomic E-state index is 6.29. The van der Waals surface area contributed by atoms with Crippen LogP contribution >= 0.6 is 11.6 Å². The number of hydrogen-bond acceptors (Lipinski definition) is 4. The van der Waals surface area contributed by atoms with Gasteiger partial charge in [0.2, 0.25) is 0 Å². The average Bonchev–Trinajstić information content (AvgIpc) is 2.93. The SMILES string of the molecule is COc1ccc(CNCc2cnc[nH]2)c(Cl)c1OC. The van der Waals surface area contributed by atoms with Gasteiger partial charge < -0.3 is 19.8 Å². The summed E-state index contributed by atoms with van der Waals surface area (Å²) < 4.78 is 10.5. The van der Waals surface area contributed by atoms with Crippen LogP contribution in [0.1, 0.15) is 11.3 Å². The molecule has 1 heterocycles. The normalized spacial score (nSPS) is 10.5. The van der Waals surface area contributed by atoms with Gasteiger partial charge in [-0.3, -0.25) is 0 Å². The Labute approximate surface area is 116 Å². The maximum Gasteiger partial charge on any atom is 0.179 e. The second kappa shape index (κ2) is 6.45. The smallest absolute Gasteiger partial charge is 0.179 e. The van der Waals surface area contributed by atoms with Crippen LogP contribution in [0.2, 0.25) is 5.02 Å². The fourth-order valence-corrected chi connectivity index (χ4v) is 2.08. The quantitative estimate of drug-likeness (QED) is 0.853. The number of nitrogens with zero attached hydrogens (tertiary/aromatic N) is 1. The number of aromatic nitrogens is 2. The number of methoxy groups -OCH3 is 2. The highest BCUT2D eigenvalue weighted by Crippen LogP contribution is 2.37. The molecule has 0 spiro atoms. The van der Waals surface area contributed by atoms with E-state index in [-0.39, 0.29) is 0 Å². The van der Waals surface area contributed by atoms with Gasteiger partial charge in [0.15, 0.2) is 11.5 Å². The number of nitrogens with one attached hydrogen (secondary N) is 2. The Morgan fingerprint density at radius 1 is 1.26 bits per heavy atom. The molecule has 6 heteroatoms. The van der Waals surface area contributed by atoms with Gasteiger partial charge >= 0.3 is 0 Å². The minimum Gasteiger partial charge on any atom is -0.493 e. The third-order valence-electron chi connectivity index (χ3n) is 2.75. The molecule has 0 unspecified atom stereocenters. The summed E-state index contributed by atoms with van der Waals surface area (Å²) in [6.07, 6.45) is 3.43. The third kappa shape index (κ3) is 3.19. The van der Waals surface area contributed by atoms with Crippen molar-refractivity contribution in [1.82, 2.24) is 15.3 Å². The molecular formula is C13H16ClN3O2. The summed E-state index contributed by atoms with van der Waals surface area (Å²) in [5.74, 6) is 1.19. The number of imidazole rings is 1. The van der Waals surface area contributed by atoms with Gasteiger partial charge in [0.05, 0.1) is 25.6 Å². The van der Waals surface area contributed by atoms with Crippen LogP contribution in [0.25, 0.3) is 0 Å².